The highest BCUT2D eigenvalue weighted by Gasteiger charge is 2.39. The van der Waals surface area contributed by atoms with Crippen molar-refractivity contribution in [1.82, 2.24) is 0 Å². The minimum absolute atomic E-state index is 0.636. The quantitative estimate of drug-likeness (QED) is 0.364. The summed E-state index contributed by atoms with van der Waals surface area (Å²) in [4.78, 5) is 0. The molecule has 0 amide bonds. The first kappa shape index (κ1) is 26.1. The van der Waals surface area contributed by atoms with Crippen molar-refractivity contribution in [1.29, 1.82) is 0 Å². The largest absolute Gasteiger partial charge is 0.504 e. The van der Waals surface area contributed by atoms with Gasteiger partial charge >= 0.3 is 17.6 Å². The van der Waals surface area contributed by atoms with E-state index >= 15 is 0 Å². The van der Waals surface area contributed by atoms with Crippen LogP contribution in [-0.4, -0.2) is 65.3 Å². The van der Waals surface area contributed by atoms with Gasteiger partial charge in [-0.2, -0.15) is 0 Å². The molecule has 0 rings (SSSR count). The molecule has 0 saturated carbocycles. The van der Waals surface area contributed by atoms with Crippen molar-refractivity contribution in [3.05, 3.63) is 12.7 Å². The Morgan fingerprint density at radius 3 is 1.46 bits per heavy atom. The Labute approximate surface area is 150 Å². The monoisotopic (exact) mass is 383 g/mol. The minimum atomic E-state index is -2.40. The molecule has 2 N–H and O–H groups in total. The van der Waals surface area contributed by atoms with Gasteiger partial charge in [-0.15, -0.1) is 6.58 Å². The molecule has 0 bridgehead atoms. The summed E-state index contributed by atoms with van der Waals surface area (Å²) in [6, 6.07) is 1.47. The summed E-state index contributed by atoms with van der Waals surface area (Å²) in [5.41, 5.74) is 5.48. The Hall–Kier alpha value is -0.106. The molecule has 0 spiro atoms. The van der Waals surface area contributed by atoms with E-state index in [0.717, 1.165) is 12.5 Å². The van der Waals surface area contributed by atoms with E-state index in [1.807, 2.05) is 20.8 Å². The highest BCUT2D eigenvalue weighted by Crippen LogP contribution is 2.17. The lowest BCUT2D eigenvalue weighted by Gasteiger charge is -2.28. The summed E-state index contributed by atoms with van der Waals surface area (Å²) in [7, 11) is 0.0261. The molecule has 0 saturated heterocycles. The third-order valence-electron chi connectivity index (χ3n) is 3.11. The molecule has 0 heterocycles. The molecule has 0 aromatic carbocycles. The first-order valence-corrected chi connectivity index (χ1v) is 12.2. The number of allylic oxidation sites excluding steroid dienone is 1. The zero-order valence-corrected chi connectivity index (χ0v) is 18.3. The van der Waals surface area contributed by atoms with Crippen LogP contribution in [0.1, 0.15) is 27.2 Å². The van der Waals surface area contributed by atoms with E-state index in [1.54, 1.807) is 27.4 Å². The molecule has 9 heteroatoms. The highest BCUT2D eigenvalue weighted by atomic mass is 28.4. The summed E-state index contributed by atoms with van der Waals surface area (Å²) in [6.45, 7) is 12.0. The Kier molecular flexibility index (Phi) is 17.8. The molecular formula is C15H37NO6Si2. The lowest BCUT2D eigenvalue weighted by Crippen LogP contribution is -2.46. The SMILES string of the molecule is C=CC[Si](OC)(OC)OC.CCO[Si](CCCN)(OCC)OCC. The fraction of sp³-hybridized carbons (Fsp3) is 0.867. The van der Waals surface area contributed by atoms with E-state index in [1.165, 1.54) is 0 Å². The predicted octanol–water partition coefficient (Wildman–Crippen LogP) is 2.43. The van der Waals surface area contributed by atoms with Crippen molar-refractivity contribution in [3.63, 3.8) is 0 Å². The molecule has 0 aliphatic rings. The summed E-state index contributed by atoms with van der Waals surface area (Å²) in [5.74, 6) is 0. The van der Waals surface area contributed by atoms with Crippen LogP contribution in [0.15, 0.2) is 12.7 Å². The van der Waals surface area contributed by atoms with Crippen LogP contribution < -0.4 is 5.73 Å². The summed E-state index contributed by atoms with van der Waals surface area (Å²) >= 11 is 0. The highest BCUT2D eigenvalue weighted by molar-refractivity contribution is 6.61. The zero-order chi connectivity index (χ0) is 18.9. The maximum absolute atomic E-state index is 5.65. The van der Waals surface area contributed by atoms with Crippen molar-refractivity contribution in [3.8, 4) is 0 Å². The van der Waals surface area contributed by atoms with Crippen molar-refractivity contribution in [2.24, 2.45) is 5.73 Å². The fourth-order valence-electron chi connectivity index (χ4n) is 2.00. The molecule has 0 aromatic rings. The fourth-order valence-corrected chi connectivity index (χ4v) is 5.99. The van der Waals surface area contributed by atoms with Gasteiger partial charge in [0.05, 0.1) is 0 Å². The van der Waals surface area contributed by atoms with Crippen LogP contribution in [-0.2, 0) is 26.6 Å². The zero-order valence-electron chi connectivity index (χ0n) is 16.3. The number of hydrogen-bond donors (Lipinski definition) is 1. The van der Waals surface area contributed by atoms with Crippen LogP contribution >= 0.6 is 0 Å². The molecule has 0 radical (unpaired) electrons. The second kappa shape index (κ2) is 16.4. The van der Waals surface area contributed by atoms with Gasteiger partial charge in [-0.3, -0.25) is 0 Å². The van der Waals surface area contributed by atoms with E-state index in [4.69, 9.17) is 32.3 Å². The van der Waals surface area contributed by atoms with Gasteiger partial charge in [-0.1, -0.05) is 6.08 Å². The molecular weight excluding hydrogens is 346 g/mol. The molecule has 7 nitrogen and oxygen atoms in total. The number of rotatable bonds is 14. The lowest BCUT2D eigenvalue weighted by atomic mass is 10.5. The topological polar surface area (TPSA) is 81.4 Å². The normalized spacial score (nSPS) is 11.8. The maximum atomic E-state index is 5.65. The van der Waals surface area contributed by atoms with Gasteiger partial charge < -0.3 is 32.3 Å². The van der Waals surface area contributed by atoms with Crippen LogP contribution in [0.25, 0.3) is 0 Å². The first-order valence-electron chi connectivity index (χ1n) is 8.37. The maximum Gasteiger partial charge on any atom is 0.504 e. The molecule has 0 aliphatic carbocycles. The molecule has 0 atom stereocenters. The summed E-state index contributed by atoms with van der Waals surface area (Å²) < 4.78 is 32.3. The van der Waals surface area contributed by atoms with Gasteiger partial charge in [0.2, 0.25) is 0 Å². The van der Waals surface area contributed by atoms with Crippen LogP contribution in [0, 0.1) is 0 Å². The average Bonchev–Trinajstić information content (AvgIpc) is 2.59. The van der Waals surface area contributed by atoms with Crippen LogP contribution in [0.3, 0.4) is 0 Å². The molecule has 0 unspecified atom stereocenters. The van der Waals surface area contributed by atoms with Gasteiger partial charge in [0, 0.05) is 53.2 Å². The summed E-state index contributed by atoms with van der Waals surface area (Å²) in [6.07, 6.45) is 2.63. The van der Waals surface area contributed by atoms with E-state index in [9.17, 15) is 0 Å². The van der Waals surface area contributed by atoms with Gasteiger partial charge in [0.25, 0.3) is 0 Å². The van der Waals surface area contributed by atoms with Crippen LogP contribution in [0.4, 0.5) is 0 Å². The van der Waals surface area contributed by atoms with Crippen LogP contribution in [0.2, 0.25) is 12.1 Å². The van der Waals surface area contributed by atoms with Crippen molar-refractivity contribution >= 4 is 17.6 Å². The number of nitrogens with two attached hydrogens (primary N) is 1. The van der Waals surface area contributed by atoms with Gasteiger partial charge in [0.1, 0.15) is 0 Å². The van der Waals surface area contributed by atoms with Crippen LogP contribution in [0.5, 0.6) is 0 Å². The Morgan fingerprint density at radius 1 is 0.833 bits per heavy atom. The first-order chi connectivity index (χ1) is 11.5. The predicted molar refractivity (Wildman–Crippen MR) is 101 cm³/mol. The van der Waals surface area contributed by atoms with E-state index in [0.29, 0.717) is 32.4 Å². The molecule has 0 fully saturated rings. The third kappa shape index (κ3) is 10.7. The number of hydrogen-bond acceptors (Lipinski definition) is 7. The van der Waals surface area contributed by atoms with E-state index in [-0.39, 0.29) is 0 Å². The Morgan fingerprint density at radius 2 is 1.25 bits per heavy atom. The minimum Gasteiger partial charge on any atom is -0.377 e. The second-order valence-corrected chi connectivity index (χ2v) is 10.4. The Bertz CT molecular complexity index is 268. The second-order valence-electron chi connectivity index (χ2n) is 4.66. The van der Waals surface area contributed by atoms with Gasteiger partial charge in [-0.05, 0) is 33.7 Å². The molecule has 146 valence electrons. The van der Waals surface area contributed by atoms with E-state index in [2.05, 4.69) is 6.58 Å². The standard InChI is InChI=1S/C9H23NO3Si.C6H14O3Si/c1-4-11-14(12-5-2,13-6-3)9-7-8-10;1-5-6-10(7-2,8-3)9-4/h4-10H2,1-3H3;5H,1,6H2,2-4H3. The van der Waals surface area contributed by atoms with Crippen molar-refractivity contribution in [2.75, 3.05) is 47.7 Å². The van der Waals surface area contributed by atoms with Crippen molar-refractivity contribution < 1.29 is 26.6 Å². The van der Waals surface area contributed by atoms with Gasteiger partial charge in [0.15, 0.2) is 0 Å². The van der Waals surface area contributed by atoms with E-state index < -0.39 is 17.6 Å². The Balaban J connectivity index is 0. The summed E-state index contributed by atoms with van der Waals surface area (Å²) in [5, 5.41) is 0. The smallest absolute Gasteiger partial charge is 0.377 e. The van der Waals surface area contributed by atoms with Crippen molar-refractivity contribution in [2.45, 2.75) is 39.3 Å². The average molecular weight is 384 g/mol. The third-order valence-corrected chi connectivity index (χ3v) is 8.91. The molecule has 0 aromatic heterocycles. The molecule has 24 heavy (non-hydrogen) atoms. The van der Waals surface area contributed by atoms with Gasteiger partial charge in [-0.25, -0.2) is 0 Å². The lowest BCUT2D eigenvalue weighted by molar-refractivity contribution is 0.0710. The molecule has 0 aliphatic heterocycles.